The summed E-state index contributed by atoms with van der Waals surface area (Å²) in [7, 11) is -3.47. The highest BCUT2D eigenvalue weighted by molar-refractivity contribution is 7.92. The number of carbonyl (C=O) groups is 1. The summed E-state index contributed by atoms with van der Waals surface area (Å²) in [5, 5.41) is 2.80. The molecule has 1 atom stereocenters. The summed E-state index contributed by atoms with van der Waals surface area (Å²) in [5.41, 5.74) is 2.06. The SMILES string of the molecule is Cc1ccc2c(c1)N(S(C)(=O)=O)CC[C@@H](C(=O)Nc1ccccc1)O2. The minimum atomic E-state index is -3.47. The first-order valence-corrected chi connectivity index (χ1v) is 9.80. The van der Waals surface area contributed by atoms with E-state index in [0.717, 1.165) is 11.8 Å². The average Bonchev–Trinajstić information content (AvgIpc) is 2.74. The van der Waals surface area contributed by atoms with Gasteiger partial charge in [-0.25, -0.2) is 8.42 Å². The van der Waals surface area contributed by atoms with Crippen molar-refractivity contribution in [2.75, 3.05) is 22.4 Å². The van der Waals surface area contributed by atoms with Gasteiger partial charge in [-0.15, -0.1) is 0 Å². The van der Waals surface area contributed by atoms with Gasteiger partial charge in [0.1, 0.15) is 5.75 Å². The van der Waals surface area contributed by atoms with Crippen molar-refractivity contribution < 1.29 is 17.9 Å². The van der Waals surface area contributed by atoms with Crippen molar-refractivity contribution in [1.29, 1.82) is 0 Å². The Balaban J connectivity index is 1.89. The Bertz CT molecular complexity index is 881. The van der Waals surface area contributed by atoms with Crippen molar-refractivity contribution in [3.8, 4) is 5.75 Å². The molecule has 0 saturated carbocycles. The first-order valence-electron chi connectivity index (χ1n) is 7.95. The third-order valence-corrected chi connectivity index (χ3v) is 5.16. The van der Waals surface area contributed by atoms with Crippen molar-refractivity contribution in [1.82, 2.24) is 0 Å². The van der Waals surface area contributed by atoms with Crippen LogP contribution in [0, 0.1) is 6.92 Å². The van der Waals surface area contributed by atoms with Gasteiger partial charge in [-0.3, -0.25) is 9.10 Å². The summed E-state index contributed by atoms with van der Waals surface area (Å²) in [6.07, 6.45) is 0.650. The van der Waals surface area contributed by atoms with Crippen molar-refractivity contribution >= 4 is 27.3 Å². The van der Waals surface area contributed by atoms with Gasteiger partial charge in [0.25, 0.3) is 5.91 Å². The van der Waals surface area contributed by atoms with E-state index in [-0.39, 0.29) is 18.9 Å². The Labute approximate surface area is 147 Å². The molecule has 7 heteroatoms. The number of aryl methyl sites for hydroxylation is 1. The van der Waals surface area contributed by atoms with E-state index >= 15 is 0 Å². The molecule has 6 nitrogen and oxygen atoms in total. The number of fused-ring (bicyclic) bond motifs is 1. The van der Waals surface area contributed by atoms with Gasteiger partial charge in [-0.1, -0.05) is 24.3 Å². The molecular formula is C18H20N2O4S. The quantitative estimate of drug-likeness (QED) is 0.913. The summed E-state index contributed by atoms with van der Waals surface area (Å²) in [6.45, 7) is 2.06. The Morgan fingerprint density at radius 3 is 2.60 bits per heavy atom. The number of hydrogen-bond donors (Lipinski definition) is 1. The van der Waals surface area contributed by atoms with Crippen LogP contribution in [-0.2, 0) is 14.8 Å². The molecule has 1 N–H and O–H groups in total. The second-order valence-electron chi connectivity index (χ2n) is 6.06. The zero-order valence-electron chi connectivity index (χ0n) is 14.1. The van der Waals surface area contributed by atoms with Crippen LogP contribution in [0.2, 0.25) is 0 Å². The highest BCUT2D eigenvalue weighted by atomic mass is 32.2. The second kappa shape index (κ2) is 6.76. The molecule has 0 aliphatic carbocycles. The lowest BCUT2D eigenvalue weighted by molar-refractivity contribution is -0.122. The summed E-state index contributed by atoms with van der Waals surface area (Å²) < 4.78 is 31.5. The van der Waals surface area contributed by atoms with E-state index in [2.05, 4.69) is 5.32 Å². The molecule has 0 saturated heterocycles. The van der Waals surface area contributed by atoms with E-state index in [1.807, 2.05) is 31.2 Å². The number of benzene rings is 2. The molecule has 0 bridgehead atoms. The van der Waals surface area contributed by atoms with E-state index in [4.69, 9.17) is 4.74 Å². The lowest BCUT2D eigenvalue weighted by Crippen LogP contribution is -2.35. The fourth-order valence-electron chi connectivity index (χ4n) is 2.76. The lowest BCUT2D eigenvalue weighted by Gasteiger charge is -2.21. The number of hydrogen-bond acceptors (Lipinski definition) is 4. The third kappa shape index (κ3) is 3.93. The normalized spacial score (nSPS) is 17.2. The molecule has 2 aromatic rings. The first kappa shape index (κ1) is 17.3. The maximum atomic E-state index is 12.5. The van der Waals surface area contributed by atoms with Gasteiger partial charge in [0.05, 0.1) is 11.9 Å². The van der Waals surface area contributed by atoms with Crippen LogP contribution in [0.5, 0.6) is 5.75 Å². The molecule has 0 radical (unpaired) electrons. The van der Waals surface area contributed by atoms with Gasteiger partial charge in [0.15, 0.2) is 6.10 Å². The highest BCUT2D eigenvalue weighted by Gasteiger charge is 2.31. The summed E-state index contributed by atoms with van der Waals surface area (Å²) in [6, 6.07) is 14.4. The molecule has 0 aromatic heterocycles. The molecule has 2 aromatic carbocycles. The summed E-state index contributed by atoms with van der Waals surface area (Å²) >= 11 is 0. The Hall–Kier alpha value is -2.54. The Kier molecular flexibility index (Phi) is 4.67. The first-order chi connectivity index (χ1) is 11.8. The van der Waals surface area contributed by atoms with Crippen LogP contribution >= 0.6 is 0 Å². The fourth-order valence-corrected chi connectivity index (χ4v) is 3.70. The van der Waals surface area contributed by atoms with Crippen LogP contribution in [0.25, 0.3) is 0 Å². The zero-order valence-corrected chi connectivity index (χ0v) is 14.9. The number of ether oxygens (including phenoxy) is 1. The highest BCUT2D eigenvalue weighted by Crippen LogP contribution is 2.35. The number of rotatable bonds is 3. The number of para-hydroxylation sites is 1. The molecular weight excluding hydrogens is 340 g/mol. The molecule has 0 spiro atoms. The number of sulfonamides is 1. The predicted molar refractivity (Wildman–Crippen MR) is 97.5 cm³/mol. The molecule has 25 heavy (non-hydrogen) atoms. The van der Waals surface area contributed by atoms with Gasteiger partial charge in [0, 0.05) is 18.7 Å². The molecule has 0 fully saturated rings. The molecule has 132 valence electrons. The van der Waals surface area contributed by atoms with E-state index in [0.29, 0.717) is 17.1 Å². The molecule has 1 aliphatic heterocycles. The van der Waals surface area contributed by atoms with Crippen LogP contribution in [0.15, 0.2) is 48.5 Å². The van der Waals surface area contributed by atoms with Crippen LogP contribution < -0.4 is 14.4 Å². The third-order valence-electron chi connectivity index (χ3n) is 3.98. The molecule has 1 amide bonds. The Morgan fingerprint density at radius 2 is 1.92 bits per heavy atom. The topological polar surface area (TPSA) is 75.7 Å². The van der Waals surface area contributed by atoms with Crippen LogP contribution in [0.3, 0.4) is 0 Å². The van der Waals surface area contributed by atoms with Gasteiger partial charge in [-0.05, 0) is 36.8 Å². The van der Waals surface area contributed by atoms with Gasteiger partial charge in [-0.2, -0.15) is 0 Å². The minimum absolute atomic E-state index is 0.183. The van der Waals surface area contributed by atoms with Gasteiger partial charge >= 0.3 is 0 Å². The van der Waals surface area contributed by atoms with Crippen LogP contribution in [-0.4, -0.2) is 33.2 Å². The maximum absolute atomic E-state index is 12.5. The van der Waals surface area contributed by atoms with Gasteiger partial charge in [0.2, 0.25) is 10.0 Å². The number of nitrogens with zero attached hydrogens (tertiary/aromatic N) is 1. The second-order valence-corrected chi connectivity index (χ2v) is 7.96. The number of nitrogens with one attached hydrogen (secondary N) is 1. The van der Waals surface area contributed by atoms with Crippen LogP contribution in [0.4, 0.5) is 11.4 Å². The lowest BCUT2D eigenvalue weighted by atomic mass is 10.2. The van der Waals surface area contributed by atoms with E-state index in [1.54, 1.807) is 24.3 Å². The summed E-state index contributed by atoms with van der Waals surface area (Å²) in [4.78, 5) is 12.5. The van der Waals surface area contributed by atoms with E-state index in [9.17, 15) is 13.2 Å². The van der Waals surface area contributed by atoms with Crippen LogP contribution in [0.1, 0.15) is 12.0 Å². The van der Waals surface area contributed by atoms with E-state index in [1.165, 1.54) is 4.31 Å². The molecule has 3 rings (SSSR count). The predicted octanol–water partition coefficient (Wildman–Crippen LogP) is 2.55. The molecule has 1 aliphatic rings. The smallest absolute Gasteiger partial charge is 0.265 e. The average molecular weight is 360 g/mol. The monoisotopic (exact) mass is 360 g/mol. The van der Waals surface area contributed by atoms with Crippen molar-refractivity contribution in [3.05, 3.63) is 54.1 Å². The largest absolute Gasteiger partial charge is 0.478 e. The Morgan fingerprint density at radius 1 is 1.20 bits per heavy atom. The molecule has 0 unspecified atom stereocenters. The standard InChI is InChI=1S/C18H20N2O4S/c1-13-8-9-16-15(12-13)20(25(2,22)23)11-10-17(24-16)18(21)19-14-6-4-3-5-7-14/h3-9,12,17H,10-11H2,1-2H3,(H,19,21)/t17-/m0/s1. The molecule has 1 heterocycles. The van der Waals surface area contributed by atoms with Crippen molar-refractivity contribution in [2.45, 2.75) is 19.4 Å². The fraction of sp³-hybridized carbons (Fsp3) is 0.278. The van der Waals surface area contributed by atoms with Crippen molar-refractivity contribution in [3.63, 3.8) is 0 Å². The summed E-state index contributed by atoms with van der Waals surface area (Å²) in [5.74, 6) is 0.0924. The zero-order chi connectivity index (χ0) is 18.0. The van der Waals surface area contributed by atoms with Crippen molar-refractivity contribution in [2.24, 2.45) is 0 Å². The van der Waals surface area contributed by atoms with E-state index < -0.39 is 16.1 Å². The number of anilines is 2. The number of amides is 1. The number of carbonyl (C=O) groups excluding carboxylic acids is 1. The van der Waals surface area contributed by atoms with Gasteiger partial charge < -0.3 is 10.1 Å². The maximum Gasteiger partial charge on any atom is 0.265 e. The minimum Gasteiger partial charge on any atom is -0.478 e.